The maximum atomic E-state index is 4.92. The lowest BCUT2D eigenvalue weighted by atomic mass is 9.91. The first-order valence-corrected chi connectivity index (χ1v) is 11.3. The predicted molar refractivity (Wildman–Crippen MR) is 143 cm³/mol. The van der Waals surface area contributed by atoms with Gasteiger partial charge in [0.15, 0.2) is 0 Å². The molecule has 6 aromatic rings. The molecule has 4 nitrogen and oxygen atoms in total. The van der Waals surface area contributed by atoms with Crippen LogP contribution >= 0.6 is 0 Å². The highest BCUT2D eigenvalue weighted by Gasteiger charge is 2.16. The maximum absolute atomic E-state index is 4.92. The number of nitrogens with one attached hydrogen (secondary N) is 2. The molecule has 0 aliphatic heterocycles. The summed E-state index contributed by atoms with van der Waals surface area (Å²) < 4.78 is 0. The molecule has 6 rings (SSSR count). The van der Waals surface area contributed by atoms with E-state index in [4.69, 9.17) is 9.98 Å². The van der Waals surface area contributed by atoms with E-state index in [0.29, 0.717) is 0 Å². The Kier molecular flexibility index (Phi) is 5.09. The van der Waals surface area contributed by atoms with E-state index < -0.39 is 0 Å². The summed E-state index contributed by atoms with van der Waals surface area (Å²) in [5.74, 6) is 0. The molecule has 2 N–H and O–H groups in total. The highest BCUT2D eigenvalue weighted by molar-refractivity contribution is 6.13. The molecule has 0 aliphatic carbocycles. The third-order valence-corrected chi connectivity index (χ3v) is 5.99. The van der Waals surface area contributed by atoms with E-state index in [0.717, 1.165) is 44.7 Å². The lowest BCUT2D eigenvalue weighted by molar-refractivity contribution is 1.37. The Morgan fingerprint density at radius 1 is 0.471 bits per heavy atom. The molecule has 162 valence electrons. The molecule has 34 heavy (non-hydrogen) atoms. The zero-order valence-corrected chi connectivity index (χ0v) is 18.4. The molecule has 4 aromatic carbocycles. The summed E-state index contributed by atoms with van der Waals surface area (Å²) in [6.07, 6.45) is 7.56. The first-order chi connectivity index (χ1) is 16.9. The van der Waals surface area contributed by atoms with Gasteiger partial charge in [0, 0.05) is 23.5 Å². The lowest BCUT2D eigenvalue weighted by Crippen LogP contribution is -1.89. The molecule has 0 bridgehead atoms. The second kappa shape index (κ2) is 8.68. The summed E-state index contributed by atoms with van der Waals surface area (Å²) in [6.45, 7) is 0. The number of H-pyrrole nitrogens is 2. The maximum Gasteiger partial charge on any atom is 0.0716 e. The third kappa shape index (κ3) is 3.71. The monoisotopic (exact) mass is 438 g/mol. The number of benzene rings is 4. The van der Waals surface area contributed by atoms with E-state index in [2.05, 4.69) is 82.8 Å². The molecule has 0 saturated carbocycles. The van der Waals surface area contributed by atoms with Gasteiger partial charge in [-0.1, -0.05) is 60.7 Å². The molecular formula is C30H22N4. The molecule has 0 radical (unpaired) electrons. The number of nitrogens with zero attached hydrogens (tertiary/aromatic N) is 2. The second-order valence-electron chi connectivity index (χ2n) is 8.13. The van der Waals surface area contributed by atoms with Crippen LogP contribution in [0.3, 0.4) is 0 Å². The Morgan fingerprint density at radius 2 is 0.941 bits per heavy atom. The summed E-state index contributed by atoms with van der Waals surface area (Å²) >= 11 is 0. The van der Waals surface area contributed by atoms with Crippen LogP contribution in [0.25, 0.3) is 32.7 Å². The van der Waals surface area contributed by atoms with Crippen molar-refractivity contribution in [3.63, 3.8) is 0 Å². The fourth-order valence-electron chi connectivity index (χ4n) is 4.39. The van der Waals surface area contributed by atoms with Crippen molar-refractivity contribution in [1.82, 2.24) is 9.97 Å². The van der Waals surface area contributed by atoms with E-state index in [-0.39, 0.29) is 0 Å². The van der Waals surface area contributed by atoms with Crippen LogP contribution in [0, 0.1) is 0 Å². The normalized spacial score (nSPS) is 11.9. The number of aromatic nitrogens is 2. The van der Waals surface area contributed by atoms with Crippen molar-refractivity contribution in [3.8, 4) is 11.1 Å². The molecule has 0 spiro atoms. The fourth-order valence-corrected chi connectivity index (χ4v) is 4.39. The van der Waals surface area contributed by atoms with Crippen molar-refractivity contribution in [2.75, 3.05) is 0 Å². The Labute approximate surface area is 197 Å². The van der Waals surface area contributed by atoms with Crippen LogP contribution in [-0.4, -0.2) is 22.4 Å². The van der Waals surface area contributed by atoms with Gasteiger partial charge in [0.2, 0.25) is 0 Å². The summed E-state index contributed by atoms with van der Waals surface area (Å²) in [7, 11) is 0. The quantitative estimate of drug-likeness (QED) is 0.258. The summed E-state index contributed by atoms with van der Waals surface area (Å²) in [5.41, 5.74) is 5.89. The minimum absolute atomic E-state index is 0.904. The van der Waals surface area contributed by atoms with Gasteiger partial charge in [0.25, 0.3) is 0 Å². The van der Waals surface area contributed by atoms with Crippen molar-refractivity contribution in [3.05, 3.63) is 121 Å². The van der Waals surface area contributed by atoms with E-state index in [1.54, 1.807) is 0 Å². The zero-order chi connectivity index (χ0) is 22.7. The van der Waals surface area contributed by atoms with Gasteiger partial charge in [-0.05, 0) is 57.9 Å². The van der Waals surface area contributed by atoms with Crippen LogP contribution in [0.15, 0.2) is 119 Å². The second-order valence-corrected chi connectivity index (χ2v) is 8.13. The van der Waals surface area contributed by atoms with Gasteiger partial charge in [0.1, 0.15) is 0 Å². The highest BCUT2D eigenvalue weighted by atomic mass is 14.8. The molecule has 0 fully saturated rings. The van der Waals surface area contributed by atoms with E-state index in [1.165, 1.54) is 10.8 Å². The Morgan fingerprint density at radius 3 is 1.38 bits per heavy atom. The van der Waals surface area contributed by atoms with Gasteiger partial charge in [-0.25, -0.2) is 0 Å². The van der Waals surface area contributed by atoms with E-state index >= 15 is 0 Å². The summed E-state index contributed by atoms with van der Waals surface area (Å²) in [6, 6.07) is 33.3. The van der Waals surface area contributed by atoms with Crippen molar-refractivity contribution >= 4 is 45.3 Å². The van der Waals surface area contributed by atoms with Crippen LogP contribution in [-0.2, 0) is 0 Å². The number of hydrogen-bond donors (Lipinski definition) is 2. The predicted octanol–water partition coefficient (Wildman–Crippen LogP) is 7.82. The number of aliphatic imine (C=N–C) groups is 2. The van der Waals surface area contributed by atoms with Gasteiger partial charge >= 0.3 is 0 Å². The van der Waals surface area contributed by atoms with E-state index in [9.17, 15) is 0 Å². The SMILES string of the molecule is C(=Nc1ccc2ccccc2c1-c1c(N=Cc2ccc[nH]2)ccc2ccccc12)c1ccc[nH]1. The highest BCUT2D eigenvalue weighted by Crippen LogP contribution is 2.45. The van der Waals surface area contributed by atoms with Gasteiger partial charge in [-0.15, -0.1) is 0 Å². The topological polar surface area (TPSA) is 56.3 Å². The molecule has 0 unspecified atom stereocenters. The number of hydrogen-bond acceptors (Lipinski definition) is 2. The smallest absolute Gasteiger partial charge is 0.0716 e. The van der Waals surface area contributed by atoms with E-state index in [1.807, 2.05) is 49.1 Å². The largest absolute Gasteiger partial charge is 0.360 e. The number of aromatic amines is 2. The van der Waals surface area contributed by atoms with Crippen molar-refractivity contribution in [1.29, 1.82) is 0 Å². The first-order valence-electron chi connectivity index (χ1n) is 11.3. The number of fused-ring (bicyclic) bond motifs is 2. The van der Waals surface area contributed by atoms with Crippen LogP contribution in [0.2, 0.25) is 0 Å². The zero-order valence-electron chi connectivity index (χ0n) is 18.4. The average Bonchev–Trinajstić information content (AvgIpc) is 3.60. The molecule has 0 saturated heterocycles. The van der Waals surface area contributed by atoms with Gasteiger partial charge in [-0.2, -0.15) is 0 Å². The van der Waals surface area contributed by atoms with Crippen molar-refractivity contribution in [2.24, 2.45) is 9.98 Å². The standard InChI is InChI=1S/C30H22N4/c1-3-11-25-21(7-1)13-15-27(33-19-23-9-5-17-31-23)29(25)30-26-12-4-2-8-22(26)14-16-28(30)34-20-24-10-6-18-32-24/h1-20,31-32H. The van der Waals surface area contributed by atoms with Gasteiger partial charge in [-0.3, -0.25) is 9.98 Å². The van der Waals surface area contributed by atoms with Crippen LogP contribution < -0.4 is 0 Å². The molecule has 0 atom stereocenters. The minimum Gasteiger partial charge on any atom is -0.360 e. The fraction of sp³-hybridized carbons (Fsp3) is 0. The molecule has 2 aromatic heterocycles. The summed E-state index contributed by atoms with van der Waals surface area (Å²) in [4.78, 5) is 16.2. The van der Waals surface area contributed by atoms with Crippen molar-refractivity contribution in [2.45, 2.75) is 0 Å². The van der Waals surface area contributed by atoms with Crippen molar-refractivity contribution < 1.29 is 0 Å². The molecule has 0 aliphatic rings. The Hall–Kier alpha value is -4.70. The Balaban J connectivity index is 1.66. The molecule has 4 heteroatoms. The lowest BCUT2D eigenvalue weighted by Gasteiger charge is -2.16. The molecule has 2 heterocycles. The van der Waals surface area contributed by atoms with Crippen LogP contribution in [0.1, 0.15) is 11.4 Å². The molecule has 0 amide bonds. The van der Waals surface area contributed by atoms with Crippen LogP contribution in [0.4, 0.5) is 11.4 Å². The van der Waals surface area contributed by atoms with Gasteiger partial charge in [0.05, 0.1) is 35.2 Å². The first kappa shape index (κ1) is 19.9. The third-order valence-electron chi connectivity index (χ3n) is 5.99. The summed E-state index contributed by atoms with van der Waals surface area (Å²) in [5, 5.41) is 4.64. The number of rotatable bonds is 5. The molecular weight excluding hydrogens is 416 g/mol. The minimum atomic E-state index is 0.904. The Bertz CT molecular complexity index is 1510. The van der Waals surface area contributed by atoms with Crippen LogP contribution in [0.5, 0.6) is 0 Å². The average molecular weight is 439 g/mol. The van der Waals surface area contributed by atoms with Gasteiger partial charge < -0.3 is 9.97 Å².